The molecule has 0 radical (unpaired) electrons. The lowest BCUT2D eigenvalue weighted by Gasteiger charge is -2.30. The predicted molar refractivity (Wildman–Crippen MR) is 122 cm³/mol. The molecule has 1 aromatic heterocycles. The summed E-state index contributed by atoms with van der Waals surface area (Å²) in [5.74, 6) is 1.81. The predicted octanol–water partition coefficient (Wildman–Crippen LogP) is 3.89. The van der Waals surface area contributed by atoms with Crippen molar-refractivity contribution in [1.29, 1.82) is 0 Å². The van der Waals surface area contributed by atoms with Gasteiger partial charge in [-0.3, -0.25) is 9.59 Å². The van der Waals surface area contributed by atoms with Crippen LogP contribution < -0.4 is 10.1 Å². The van der Waals surface area contributed by atoms with Gasteiger partial charge in [0.2, 0.25) is 17.7 Å². The van der Waals surface area contributed by atoms with Gasteiger partial charge in [-0.15, -0.1) is 0 Å². The van der Waals surface area contributed by atoms with Crippen molar-refractivity contribution >= 4 is 11.8 Å². The van der Waals surface area contributed by atoms with E-state index in [2.05, 4.69) is 15.5 Å². The molecule has 178 valence electrons. The monoisotopic (exact) mass is 454 g/mol. The smallest absolute Gasteiger partial charge is 0.227 e. The Balaban J connectivity index is 1.39. The maximum Gasteiger partial charge on any atom is 0.227 e. The number of carbonyl (C=O) groups excluding carboxylic acids is 2. The summed E-state index contributed by atoms with van der Waals surface area (Å²) in [4.78, 5) is 31.5. The van der Waals surface area contributed by atoms with Gasteiger partial charge in [-0.25, -0.2) is 0 Å². The minimum absolute atomic E-state index is 0.0861. The topological polar surface area (TPSA) is 97.6 Å². The quantitative estimate of drug-likeness (QED) is 0.578. The van der Waals surface area contributed by atoms with Crippen molar-refractivity contribution in [3.05, 3.63) is 41.5 Å². The zero-order chi connectivity index (χ0) is 23.3. The van der Waals surface area contributed by atoms with Crippen molar-refractivity contribution in [2.75, 3.05) is 7.11 Å². The van der Waals surface area contributed by atoms with Crippen LogP contribution in [-0.2, 0) is 28.1 Å². The van der Waals surface area contributed by atoms with Crippen LogP contribution >= 0.6 is 0 Å². The Labute approximate surface area is 195 Å². The van der Waals surface area contributed by atoms with Crippen LogP contribution in [0.3, 0.4) is 0 Å². The highest BCUT2D eigenvalue weighted by Gasteiger charge is 2.38. The van der Waals surface area contributed by atoms with E-state index in [9.17, 15) is 9.59 Å². The summed E-state index contributed by atoms with van der Waals surface area (Å²) in [5.41, 5.74) is 0.518. The van der Waals surface area contributed by atoms with Gasteiger partial charge in [0.15, 0.2) is 5.82 Å². The summed E-state index contributed by atoms with van der Waals surface area (Å²) in [6.07, 6.45) is 8.75. The normalized spacial score (nSPS) is 17.8. The standard InChI is InChI=1S/C25H34N4O4/c1-18(30)27-25(15-5-3-4-6-16-25)24-26-22(33-28-24)13-14-23(31)29(20-9-10-20)17-19-7-11-21(32-2)12-8-19/h7-8,11-12,20H,3-6,9-10,13-17H2,1-2H3,(H,27,30). The molecule has 1 N–H and O–H groups in total. The van der Waals surface area contributed by atoms with Crippen LogP contribution in [0.15, 0.2) is 28.8 Å². The van der Waals surface area contributed by atoms with Crippen LogP contribution in [-0.4, -0.2) is 40.0 Å². The molecule has 1 aromatic carbocycles. The first-order valence-corrected chi connectivity index (χ1v) is 12.0. The van der Waals surface area contributed by atoms with E-state index in [0.717, 1.165) is 62.7 Å². The van der Waals surface area contributed by atoms with Gasteiger partial charge in [-0.2, -0.15) is 4.98 Å². The van der Waals surface area contributed by atoms with E-state index in [4.69, 9.17) is 9.26 Å². The Morgan fingerprint density at radius 1 is 1.15 bits per heavy atom. The number of carbonyl (C=O) groups is 2. The number of hydrogen-bond donors (Lipinski definition) is 1. The lowest BCUT2D eigenvalue weighted by atomic mass is 9.89. The fourth-order valence-electron chi connectivity index (χ4n) is 4.72. The van der Waals surface area contributed by atoms with Crippen LogP contribution in [0, 0.1) is 0 Å². The minimum Gasteiger partial charge on any atom is -0.497 e. The van der Waals surface area contributed by atoms with Crippen LogP contribution in [0.25, 0.3) is 0 Å². The fourth-order valence-corrected chi connectivity index (χ4v) is 4.72. The number of methoxy groups -OCH3 is 1. The molecule has 0 unspecified atom stereocenters. The van der Waals surface area contributed by atoms with Gasteiger partial charge in [-0.05, 0) is 43.4 Å². The van der Waals surface area contributed by atoms with E-state index < -0.39 is 5.54 Å². The van der Waals surface area contributed by atoms with Crippen molar-refractivity contribution in [3.63, 3.8) is 0 Å². The largest absolute Gasteiger partial charge is 0.497 e. The molecule has 2 fully saturated rings. The zero-order valence-electron chi connectivity index (χ0n) is 19.6. The molecule has 1 heterocycles. The Morgan fingerprint density at radius 3 is 2.45 bits per heavy atom. The summed E-state index contributed by atoms with van der Waals surface area (Å²) in [6.45, 7) is 2.12. The molecule has 2 aliphatic carbocycles. The van der Waals surface area contributed by atoms with Crippen molar-refractivity contribution in [3.8, 4) is 5.75 Å². The molecule has 0 aliphatic heterocycles. The third-order valence-electron chi connectivity index (χ3n) is 6.64. The number of aromatic nitrogens is 2. The van der Waals surface area contributed by atoms with Crippen molar-refractivity contribution in [2.24, 2.45) is 0 Å². The number of amides is 2. The lowest BCUT2D eigenvalue weighted by Crippen LogP contribution is -2.45. The van der Waals surface area contributed by atoms with E-state index in [1.54, 1.807) is 7.11 Å². The molecular formula is C25H34N4O4. The average molecular weight is 455 g/mol. The van der Waals surface area contributed by atoms with Crippen LogP contribution in [0.5, 0.6) is 5.75 Å². The zero-order valence-corrected chi connectivity index (χ0v) is 19.6. The summed E-state index contributed by atoms with van der Waals surface area (Å²) in [6, 6.07) is 8.15. The SMILES string of the molecule is COc1ccc(CN(C(=O)CCc2nc(C3(NC(C)=O)CCCCCC3)no2)C2CC2)cc1. The molecule has 33 heavy (non-hydrogen) atoms. The Kier molecular flexibility index (Phi) is 7.30. The third-order valence-corrected chi connectivity index (χ3v) is 6.64. The maximum atomic E-state index is 13.0. The highest BCUT2D eigenvalue weighted by molar-refractivity contribution is 5.77. The van der Waals surface area contributed by atoms with Gasteiger partial charge in [0.05, 0.1) is 7.11 Å². The molecule has 8 nitrogen and oxygen atoms in total. The molecule has 0 saturated heterocycles. The molecule has 0 bridgehead atoms. The van der Waals surface area contributed by atoms with Gasteiger partial charge >= 0.3 is 0 Å². The second-order valence-corrected chi connectivity index (χ2v) is 9.29. The van der Waals surface area contributed by atoms with Crippen LogP contribution in [0.1, 0.15) is 82.0 Å². The molecule has 4 rings (SSSR count). The Hall–Kier alpha value is -2.90. The number of aryl methyl sites for hydroxylation is 1. The second-order valence-electron chi connectivity index (χ2n) is 9.29. The summed E-state index contributed by atoms with van der Waals surface area (Å²) < 4.78 is 10.7. The lowest BCUT2D eigenvalue weighted by molar-refractivity contribution is -0.132. The summed E-state index contributed by atoms with van der Waals surface area (Å²) >= 11 is 0. The van der Waals surface area contributed by atoms with Gasteiger partial charge in [-0.1, -0.05) is 43.0 Å². The van der Waals surface area contributed by atoms with Gasteiger partial charge in [0, 0.05) is 32.4 Å². The molecular weight excluding hydrogens is 420 g/mol. The second kappa shape index (κ2) is 10.4. The number of hydrogen-bond acceptors (Lipinski definition) is 6. The molecule has 2 aromatic rings. The Bertz CT molecular complexity index is 944. The van der Waals surface area contributed by atoms with Crippen LogP contribution in [0.2, 0.25) is 0 Å². The van der Waals surface area contributed by atoms with Gasteiger partial charge in [0.1, 0.15) is 11.3 Å². The third kappa shape index (κ3) is 5.92. The van der Waals surface area contributed by atoms with Crippen molar-refractivity contribution in [2.45, 2.75) is 89.3 Å². The first-order chi connectivity index (χ1) is 16.0. The molecule has 2 amide bonds. The molecule has 0 atom stereocenters. The van der Waals surface area contributed by atoms with E-state index in [1.165, 1.54) is 6.92 Å². The van der Waals surface area contributed by atoms with E-state index in [-0.39, 0.29) is 11.8 Å². The van der Waals surface area contributed by atoms with Crippen LogP contribution in [0.4, 0.5) is 0 Å². The van der Waals surface area contributed by atoms with E-state index >= 15 is 0 Å². The molecule has 2 saturated carbocycles. The first kappa shape index (κ1) is 23.3. The molecule has 8 heteroatoms. The van der Waals surface area contributed by atoms with Gasteiger partial charge < -0.3 is 19.5 Å². The number of nitrogens with zero attached hydrogens (tertiary/aromatic N) is 3. The van der Waals surface area contributed by atoms with Gasteiger partial charge in [0.25, 0.3) is 0 Å². The maximum absolute atomic E-state index is 13.0. The van der Waals surface area contributed by atoms with E-state index in [0.29, 0.717) is 37.1 Å². The minimum atomic E-state index is -0.567. The number of rotatable bonds is 9. The summed E-state index contributed by atoms with van der Waals surface area (Å²) in [7, 11) is 1.64. The van der Waals surface area contributed by atoms with E-state index in [1.807, 2.05) is 29.2 Å². The molecule has 0 spiro atoms. The number of ether oxygens (including phenoxy) is 1. The number of nitrogens with one attached hydrogen (secondary N) is 1. The summed E-state index contributed by atoms with van der Waals surface area (Å²) in [5, 5.41) is 7.32. The number of benzene rings is 1. The Morgan fingerprint density at radius 2 is 1.85 bits per heavy atom. The highest BCUT2D eigenvalue weighted by Crippen LogP contribution is 2.35. The average Bonchev–Trinajstić information content (AvgIpc) is 3.58. The van der Waals surface area contributed by atoms with Crippen molar-refractivity contribution < 1.29 is 18.8 Å². The van der Waals surface area contributed by atoms with Crippen molar-refractivity contribution in [1.82, 2.24) is 20.4 Å². The fraction of sp³-hybridized carbons (Fsp3) is 0.600. The highest BCUT2D eigenvalue weighted by atomic mass is 16.5. The molecule has 2 aliphatic rings. The first-order valence-electron chi connectivity index (χ1n) is 12.0.